The predicted octanol–water partition coefficient (Wildman–Crippen LogP) is 2.44. The number of amides is 1. The Labute approximate surface area is 111 Å². The van der Waals surface area contributed by atoms with Crippen molar-refractivity contribution in [3.8, 4) is 6.07 Å². The zero-order chi connectivity index (χ0) is 13.7. The van der Waals surface area contributed by atoms with Crippen LogP contribution in [0.5, 0.6) is 0 Å². The zero-order valence-corrected chi connectivity index (χ0v) is 10.6. The number of aromatic nitrogens is 1. The number of aryl methyl sites for hydroxylation is 1. The van der Waals surface area contributed by atoms with Crippen molar-refractivity contribution < 1.29 is 4.79 Å². The van der Waals surface area contributed by atoms with Crippen LogP contribution in [-0.2, 0) is 11.2 Å². The normalized spacial score (nSPS) is 9.68. The highest BCUT2D eigenvalue weighted by atomic mass is 16.1. The first kappa shape index (κ1) is 12.8. The third kappa shape index (κ3) is 3.65. The number of nitrogens with one attached hydrogen (secondary N) is 1. The SMILES string of the molecule is Cc1cc(NC(=O)Cc2ccc(C#N)cc2)ccn1. The van der Waals surface area contributed by atoms with E-state index in [4.69, 9.17) is 5.26 Å². The number of nitrogens with zero attached hydrogens (tertiary/aromatic N) is 2. The Bertz CT molecular complexity index is 627. The van der Waals surface area contributed by atoms with Gasteiger partial charge in [-0.05, 0) is 36.8 Å². The van der Waals surface area contributed by atoms with Crippen LogP contribution in [0.1, 0.15) is 16.8 Å². The maximum atomic E-state index is 11.9. The van der Waals surface area contributed by atoms with Crippen molar-refractivity contribution in [1.29, 1.82) is 5.26 Å². The van der Waals surface area contributed by atoms with Crippen molar-refractivity contribution in [2.24, 2.45) is 0 Å². The van der Waals surface area contributed by atoms with Crippen LogP contribution in [0.2, 0.25) is 0 Å². The van der Waals surface area contributed by atoms with Crippen molar-refractivity contribution in [2.45, 2.75) is 13.3 Å². The monoisotopic (exact) mass is 251 g/mol. The van der Waals surface area contributed by atoms with Crippen LogP contribution in [0.3, 0.4) is 0 Å². The van der Waals surface area contributed by atoms with Gasteiger partial charge in [-0.3, -0.25) is 9.78 Å². The van der Waals surface area contributed by atoms with Gasteiger partial charge in [0.15, 0.2) is 0 Å². The van der Waals surface area contributed by atoms with Gasteiger partial charge in [-0.15, -0.1) is 0 Å². The number of hydrogen-bond acceptors (Lipinski definition) is 3. The minimum Gasteiger partial charge on any atom is -0.326 e. The van der Waals surface area contributed by atoms with Crippen molar-refractivity contribution >= 4 is 11.6 Å². The van der Waals surface area contributed by atoms with Gasteiger partial charge in [0.1, 0.15) is 0 Å². The first-order valence-corrected chi connectivity index (χ1v) is 5.89. The van der Waals surface area contributed by atoms with E-state index in [1.54, 1.807) is 36.5 Å². The van der Waals surface area contributed by atoms with Crippen LogP contribution in [0.15, 0.2) is 42.6 Å². The molecule has 2 rings (SSSR count). The molecule has 0 saturated carbocycles. The molecular formula is C15H13N3O. The van der Waals surface area contributed by atoms with E-state index in [2.05, 4.69) is 10.3 Å². The maximum absolute atomic E-state index is 11.9. The van der Waals surface area contributed by atoms with Gasteiger partial charge in [-0.1, -0.05) is 12.1 Å². The van der Waals surface area contributed by atoms with Gasteiger partial charge in [0.05, 0.1) is 18.1 Å². The number of nitriles is 1. The molecule has 4 heteroatoms. The summed E-state index contributed by atoms with van der Waals surface area (Å²) in [6, 6.07) is 12.6. The highest BCUT2D eigenvalue weighted by molar-refractivity contribution is 5.92. The average Bonchev–Trinajstić information content (AvgIpc) is 2.39. The summed E-state index contributed by atoms with van der Waals surface area (Å²) in [5, 5.41) is 11.5. The molecule has 1 N–H and O–H groups in total. The van der Waals surface area contributed by atoms with E-state index in [1.807, 2.05) is 19.1 Å². The number of anilines is 1. The van der Waals surface area contributed by atoms with Crippen molar-refractivity contribution in [3.05, 3.63) is 59.4 Å². The number of carbonyl (C=O) groups is 1. The van der Waals surface area contributed by atoms with Gasteiger partial charge < -0.3 is 5.32 Å². The van der Waals surface area contributed by atoms with E-state index >= 15 is 0 Å². The summed E-state index contributed by atoms with van der Waals surface area (Å²) in [5.74, 6) is -0.0877. The molecule has 0 aliphatic rings. The van der Waals surface area contributed by atoms with Crippen molar-refractivity contribution in [3.63, 3.8) is 0 Å². The van der Waals surface area contributed by atoms with Crippen LogP contribution in [0.4, 0.5) is 5.69 Å². The molecule has 0 saturated heterocycles. The third-order valence-electron chi connectivity index (χ3n) is 2.63. The maximum Gasteiger partial charge on any atom is 0.228 e. The molecule has 0 aliphatic carbocycles. The van der Waals surface area contributed by atoms with E-state index in [0.29, 0.717) is 5.56 Å². The molecule has 1 aromatic carbocycles. The number of hydrogen-bond donors (Lipinski definition) is 1. The molecule has 2 aromatic rings. The lowest BCUT2D eigenvalue weighted by molar-refractivity contribution is -0.115. The molecule has 94 valence electrons. The molecule has 0 unspecified atom stereocenters. The number of benzene rings is 1. The summed E-state index contributed by atoms with van der Waals surface area (Å²) < 4.78 is 0. The molecular weight excluding hydrogens is 238 g/mol. The minimum absolute atomic E-state index is 0.0877. The fourth-order valence-corrected chi connectivity index (χ4v) is 1.71. The highest BCUT2D eigenvalue weighted by Gasteiger charge is 2.04. The molecule has 1 heterocycles. The standard InChI is InChI=1S/C15H13N3O/c1-11-8-14(6-7-17-11)18-15(19)9-12-2-4-13(10-16)5-3-12/h2-8H,9H2,1H3,(H,17,18,19). The summed E-state index contributed by atoms with van der Waals surface area (Å²) in [6.45, 7) is 1.87. The Morgan fingerprint density at radius 3 is 2.68 bits per heavy atom. The number of carbonyl (C=O) groups excluding carboxylic acids is 1. The number of rotatable bonds is 3. The summed E-state index contributed by atoms with van der Waals surface area (Å²) in [5.41, 5.74) is 3.07. The van der Waals surface area contributed by atoms with E-state index in [0.717, 1.165) is 16.9 Å². The topological polar surface area (TPSA) is 65.8 Å². The molecule has 19 heavy (non-hydrogen) atoms. The molecule has 0 spiro atoms. The minimum atomic E-state index is -0.0877. The Balaban J connectivity index is 1.99. The summed E-state index contributed by atoms with van der Waals surface area (Å²) >= 11 is 0. The van der Waals surface area contributed by atoms with Gasteiger partial charge >= 0.3 is 0 Å². The second kappa shape index (κ2) is 5.78. The van der Waals surface area contributed by atoms with Crippen LogP contribution < -0.4 is 5.32 Å². The zero-order valence-electron chi connectivity index (χ0n) is 10.6. The first-order valence-electron chi connectivity index (χ1n) is 5.89. The second-order valence-corrected chi connectivity index (χ2v) is 4.22. The van der Waals surface area contributed by atoms with E-state index < -0.39 is 0 Å². The summed E-state index contributed by atoms with van der Waals surface area (Å²) in [4.78, 5) is 15.9. The second-order valence-electron chi connectivity index (χ2n) is 4.22. The van der Waals surface area contributed by atoms with Crippen LogP contribution in [-0.4, -0.2) is 10.9 Å². The molecule has 0 radical (unpaired) electrons. The Morgan fingerprint density at radius 2 is 2.05 bits per heavy atom. The fraction of sp³-hybridized carbons (Fsp3) is 0.133. The van der Waals surface area contributed by atoms with Gasteiger partial charge in [0.2, 0.25) is 5.91 Å². The van der Waals surface area contributed by atoms with Crippen molar-refractivity contribution in [2.75, 3.05) is 5.32 Å². The van der Waals surface area contributed by atoms with E-state index in [9.17, 15) is 4.79 Å². The predicted molar refractivity (Wildman–Crippen MR) is 72.5 cm³/mol. The Kier molecular flexibility index (Phi) is 3.89. The highest BCUT2D eigenvalue weighted by Crippen LogP contribution is 2.09. The smallest absolute Gasteiger partial charge is 0.228 e. The molecule has 0 bridgehead atoms. The van der Waals surface area contributed by atoms with Crippen LogP contribution in [0, 0.1) is 18.3 Å². The fourth-order valence-electron chi connectivity index (χ4n) is 1.71. The van der Waals surface area contributed by atoms with Crippen molar-refractivity contribution in [1.82, 2.24) is 4.98 Å². The molecule has 4 nitrogen and oxygen atoms in total. The van der Waals surface area contributed by atoms with E-state index in [1.165, 1.54) is 0 Å². The lowest BCUT2D eigenvalue weighted by atomic mass is 10.1. The summed E-state index contributed by atoms with van der Waals surface area (Å²) in [6.07, 6.45) is 1.94. The molecule has 0 fully saturated rings. The Hall–Kier alpha value is -2.67. The average molecular weight is 251 g/mol. The summed E-state index contributed by atoms with van der Waals surface area (Å²) in [7, 11) is 0. The molecule has 1 amide bonds. The first-order chi connectivity index (χ1) is 9.17. The van der Waals surface area contributed by atoms with Crippen LogP contribution >= 0.6 is 0 Å². The van der Waals surface area contributed by atoms with Gasteiger partial charge in [0, 0.05) is 17.6 Å². The number of pyridine rings is 1. The molecule has 0 atom stereocenters. The van der Waals surface area contributed by atoms with E-state index in [-0.39, 0.29) is 12.3 Å². The van der Waals surface area contributed by atoms with Crippen LogP contribution in [0.25, 0.3) is 0 Å². The lowest BCUT2D eigenvalue weighted by Gasteiger charge is -2.05. The molecule has 1 aromatic heterocycles. The lowest BCUT2D eigenvalue weighted by Crippen LogP contribution is -2.14. The van der Waals surface area contributed by atoms with Gasteiger partial charge in [-0.2, -0.15) is 5.26 Å². The quantitative estimate of drug-likeness (QED) is 0.911. The largest absolute Gasteiger partial charge is 0.326 e. The molecule has 0 aliphatic heterocycles. The Morgan fingerprint density at radius 1 is 1.32 bits per heavy atom. The third-order valence-corrected chi connectivity index (χ3v) is 2.63. The van der Waals surface area contributed by atoms with Gasteiger partial charge in [-0.25, -0.2) is 0 Å². The van der Waals surface area contributed by atoms with Gasteiger partial charge in [0.25, 0.3) is 0 Å².